The molecule has 0 bridgehead atoms. The van der Waals surface area contributed by atoms with Crippen LogP contribution in [0.25, 0.3) is 0 Å². The molecular weight excluding hydrogens is 272 g/mol. The highest BCUT2D eigenvalue weighted by Gasteiger charge is 2.14. The van der Waals surface area contributed by atoms with Gasteiger partial charge in [0.05, 0.1) is 4.92 Å². The fraction of sp³-hybridized carbons (Fsp3) is 0.455. The minimum atomic E-state index is -0.370. The van der Waals surface area contributed by atoms with Crippen molar-refractivity contribution in [3.05, 3.63) is 33.9 Å². The van der Waals surface area contributed by atoms with Gasteiger partial charge in [0.2, 0.25) is 0 Å². The highest BCUT2D eigenvalue weighted by Crippen LogP contribution is 2.27. The summed E-state index contributed by atoms with van der Waals surface area (Å²) in [5.74, 6) is 0. The molecule has 5 heteroatoms. The van der Waals surface area contributed by atoms with E-state index >= 15 is 0 Å². The van der Waals surface area contributed by atoms with Crippen LogP contribution in [0.5, 0.6) is 0 Å². The third kappa shape index (κ3) is 2.72. The lowest BCUT2D eigenvalue weighted by atomic mass is 10.1. The summed E-state index contributed by atoms with van der Waals surface area (Å²) in [6.45, 7) is 4.17. The predicted molar refractivity (Wildman–Crippen MR) is 69.3 cm³/mol. The molecule has 16 heavy (non-hydrogen) atoms. The zero-order chi connectivity index (χ0) is 12.3. The van der Waals surface area contributed by atoms with Gasteiger partial charge < -0.3 is 4.90 Å². The van der Waals surface area contributed by atoms with Crippen molar-refractivity contribution in [2.75, 3.05) is 11.9 Å². The van der Waals surface area contributed by atoms with E-state index in [0.717, 1.165) is 11.3 Å². The van der Waals surface area contributed by atoms with Gasteiger partial charge in [0.25, 0.3) is 5.69 Å². The second-order valence-corrected chi connectivity index (χ2v) is 4.47. The van der Waals surface area contributed by atoms with Crippen LogP contribution in [-0.4, -0.2) is 18.0 Å². The number of non-ortho nitro benzene ring substituents is 1. The van der Waals surface area contributed by atoms with Crippen LogP contribution >= 0.6 is 15.9 Å². The maximum Gasteiger partial charge on any atom is 0.269 e. The van der Waals surface area contributed by atoms with Crippen molar-refractivity contribution in [3.63, 3.8) is 0 Å². The number of anilines is 1. The lowest BCUT2D eigenvalue weighted by Gasteiger charge is -2.25. The molecule has 1 aromatic carbocycles. The largest absolute Gasteiger partial charge is 0.372 e. The van der Waals surface area contributed by atoms with E-state index in [-0.39, 0.29) is 10.6 Å². The maximum absolute atomic E-state index is 10.7. The fourth-order valence-electron chi connectivity index (χ4n) is 1.41. The summed E-state index contributed by atoms with van der Waals surface area (Å²) in [7, 11) is 1.98. The molecule has 88 valence electrons. The maximum atomic E-state index is 10.7. The quantitative estimate of drug-likeness (QED) is 0.485. The van der Waals surface area contributed by atoms with Gasteiger partial charge in [0.1, 0.15) is 0 Å². The van der Waals surface area contributed by atoms with Gasteiger partial charge in [-0.1, -0.05) is 15.9 Å². The molecule has 1 aromatic rings. The number of benzene rings is 1. The van der Waals surface area contributed by atoms with Gasteiger partial charge in [0, 0.05) is 36.2 Å². The molecule has 1 rings (SSSR count). The Labute approximate surface area is 104 Å². The van der Waals surface area contributed by atoms with E-state index in [4.69, 9.17) is 0 Å². The normalized spacial score (nSPS) is 10.6. The molecule has 0 spiro atoms. The Morgan fingerprint density at radius 1 is 1.50 bits per heavy atom. The number of nitro benzene ring substituents is 1. The summed E-state index contributed by atoms with van der Waals surface area (Å²) >= 11 is 3.36. The Hall–Kier alpha value is -1.10. The highest BCUT2D eigenvalue weighted by molar-refractivity contribution is 9.08. The number of halogens is 1. The van der Waals surface area contributed by atoms with Crippen LogP contribution in [0.15, 0.2) is 18.2 Å². The van der Waals surface area contributed by atoms with Crippen LogP contribution in [0.3, 0.4) is 0 Å². The Balaban J connectivity index is 3.16. The zero-order valence-corrected chi connectivity index (χ0v) is 11.2. The van der Waals surface area contributed by atoms with E-state index in [1.165, 1.54) is 0 Å². The van der Waals surface area contributed by atoms with Crippen molar-refractivity contribution in [3.8, 4) is 0 Å². The minimum Gasteiger partial charge on any atom is -0.372 e. The molecule has 0 saturated carbocycles. The Bertz CT molecular complexity index is 394. The van der Waals surface area contributed by atoms with Crippen molar-refractivity contribution in [1.29, 1.82) is 0 Å². The molecular formula is C11H15BrN2O2. The molecule has 0 saturated heterocycles. The first-order valence-electron chi connectivity index (χ1n) is 5.03. The van der Waals surface area contributed by atoms with Gasteiger partial charge >= 0.3 is 0 Å². The third-order valence-electron chi connectivity index (χ3n) is 2.57. The molecule has 0 aromatic heterocycles. The Morgan fingerprint density at radius 2 is 2.12 bits per heavy atom. The molecule has 0 aliphatic carbocycles. The molecule has 0 unspecified atom stereocenters. The topological polar surface area (TPSA) is 46.4 Å². The fourth-order valence-corrected chi connectivity index (χ4v) is 1.86. The lowest BCUT2D eigenvalue weighted by Crippen LogP contribution is -2.26. The smallest absolute Gasteiger partial charge is 0.269 e. The molecule has 0 heterocycles. The van der Waals surface area contributed by atoms with Crippen molar-refractivity contribution >= 4 is 27.3 Å². The number of alkyl halides is 1. The van der Waals surface area contributed by atoms with Crippen LogP contribution in [-0.2, 0) is 5.33 Å². The van der Waals surface area contributed by atoms with Crippen LogP contribution in [0.2, 0.25) is 0 Å². The molecule has 0 fully saturated rings. The first kappa shape index (κ1) is 13.0. The predicted octanol–water partition coefficient (Wildman–Crippen LogP) is 3.33. The van der Waals surface area contributed by atoms with E-state index in [9.17, 15) is 10.1 Å². The molecule has 0 aliphatic heterocycles. The van der Waals surface area contributed by atoms with E-state index in [1.807, 2.05) is 7.05 Å². The molecule has 0 amide bonds. The van der Waals surface area contributed by atoms with Crippen molar-refractivity contribution in [1.82, 2.24) is 0 Å². The van der Waals surface area contributed by atoms with Gasteiger partial charge in [-0.3, -0.25) is 10.1 Å². The van der Waals surface area contributed by atoms with E-state index < -0.39 is 0 Å². The first-order chi connectivity index (χ1) is 7.47. The summed E-state index contributed by atoms with van der Waals surface area (Å²) in [5, 5.41) is 11.3. The number of rotatable bonds is 4. The van der Waals surface area contributed by atoms with Crippen LogP contribution in [0.1, 0.15) is 19.4 Å². The number of hydrogen-bond donors (Lipinski definition) is 0. The molecule has 0 radical (unpaired) electrons. The summed E-state index contributed by atoms with van der Waals surface area (Å²) in [4.78, 5) is 12.4. The van der Waals surface area contributed by atoms with Gasteiger partial charge in [-0.15, -0.1) is 0 Å². The summed E-state index contributed by atoms with van der Waals surface area (Å²) in [6.07, 6.45) is 0. The van der Waals surface area contributed by atoms with Crippen molar-refractivity contribution in [2.45, 2.75) is 25.2 Å². The highest BCUT2D eigenvalue weighted by atomic mass is 79.9. The molecule has 0 N–H and O–H groups in total. The van der Waals surface area contributed by atoms with Crippen LogP contribution < -0.4 is 4.90 Å². The molecule has 0 aliphatic rings. The number of nitrogens with zero attached hydrogens (tertiary/aromatic N) is 2. The summed E-state index contributed by atoms with van der Waals surface area (Å²) < 4.78 is 0. The number of nitro groups is 1. The minimum absolute atomic E-state index is 0.135. The average molecular weight is 287 g/mol. The van der Waals surface area contributed by atoms with Gasteiger partial charge in [-0.2, -0.15) is 0 Å². The van der Waals surface area contributed by atoms with Crippen LogP contribution in [0, 0.1) is 10.1 Å². The second kappa shape index (κ2) is 5.30. The van der Waals surface area contributed by atoms with Gasteiger partial charge in [-0.05, 0) is 25.5 Å². The number of hydrogen-bond acceptors (Lipinski definition) is 3. The Kier molecular flexibility index (Phi) is 4.29. The van der Waals surface area contributed by atoms with Crippen molar-refractivity contribution < 1.29 is 4.92 Å². The SMILES string of the molecule is CC(C)N(C)c1ccc([N+](=O)[O-])cc1CBr. The van der Waals surface area contributed by atoms with Gasteiger partial charge in [0.15, 0.2) is 0 Å². The summed E-state index contributed by atoms with van der Waals surface area (Å²) in [5.41, 5.74) is 2.10. The van der Waals surface area contributed by atoms with Crippen LogP contribution in [0.4, 0.5) is 11.4 Å². The third-order valence-corrected chi connectivity index (χ3v) is 3.18. The van der Waals surface area contributed by atoms with Crippen molar-refractivity contribution in [2.24, 2.45) is 0 Å². The monoisotopic (exact) mass is 286 g/mol. The lowest BCUT2D eigenvalue weighted by molar-refractivity contribution is -0.384. The average Bonchev–Trinajstić information content (AvgIpc) is 2.26. The molecule has 4 nitrogen and oxygen atoms in total. The zero-order valence-electron chi connectivity index (χ0n) is 9.61. The van der Waals surface area contributed by atoms with Gasteiger partial charge in [-0.25, -0.2) is 0 Å². The second-order valence-electron chi connectivity index (χ2n) is 3.91. The molecule has 0 atom stereocenters. The van der Waals surface area contributed by atoms with E-state index in [1.54, 1.807) is 18.2 Å². The van der Waals surface area contributed by atoms with E-state index in [2.05, 4.69) is 34.7 Å². The standard InChI is InChI=1S/C11H15BrN2O2/c1-8(2)13(3)11-5-4-10(14(15)16)6-9(11)7-12/h4-6,8H,7H2,1-3H3. The first-order valence-corrected chi connectivity index (χ1v) is 6.15. The van der Waals surface area contributed by atoms with E-state index in [0.29, 0.717) is 11.4 Å². The summed E-state index contributed by atoms with van der Waals surface area (Å²) in [6, 6.07) is 5.32. The Morgan fingerprint density at radius 3 is 2.56 bits per heavy atom.